The number of nitrogens with two attached hydrogens (primary N) is 1. The Morgan fingerprint density at radius 1 is 1.18 bits per heavy atom. The molecule has 0 spiro atoms. The molecule has 1 aromatic heterocycles. The number of rotatable bonds is 1. The van der Waals surface area contributed by atoms with E-state index in [1.807, 2.05) is 20.8 Å². The molecule has 0 atom stereocenters. The molecule has 17 heavy (non-hydrogen) atoms. The predicted molar refractivity (Wildman–Crippen MR) is 67.9 cm³/mol. The zero-order valence-electron chi connectivity index (χ0n) is 9.99. The van der Waals surface area contributed by atoms with Gasteiger partial charge in [-0.15, -0.1) is 10.2 Å². The lowest BCUT2D eigenvalue weighted by Gasteiger charge is -2.10. The first-order valence-corrected chi connectivity index (χ1v) is 5.64. The Labute approximate surface area is 105 Å². The summed E-state index contributed by atoms with van der Waals surface area (Å²) in [5, 5.41) is 8.58. The third-order valence-corrected chi connectivity index (χ3v) is 2.45. The molecule has 0 amide bonds. The Morgan fingerprint density at radius 2 is 1.88 bits per heavy atom. The molecule has 0 aliphatic rings. The van der Waals surface area contributed by atoms with Crippen LogP contribution in [0.2, 0.25) is 5.02 Å². The Hall–Kier alpha value is -1.55. The summed E-state index contributed by atoms with van der Waals surface area (Å²) in [5.74, 6) is 1.02. The van der Waals surface area contributed by atoms with Gasteiger partial charge in [0.15, 0.2) is 0 Å². The zero-order chi connectivity index (χ0) is 12.6. The highest BCUT2D eigenvalue weighted by atomic mass is 35.5. The molecule has 0 fully saturated rings. The van der Waals surface area contributed by atoms with Crippen molar-refractivity contribution in [1.29, 1.82) is 0 Å². The van der Waals surface area contributed by atoms with Gasteiger partial charge in [-0.05, 0) is 18.2 Å². The number of benzene rings is 1. The van der Waals surface area contributed by atoms with Crippen LogP contribution in [0.3, 0.4) is 0 Å². The summed E-state index contributed by atoms with van der Waals surface area (Å²) in [5.41, 5.74) is 6.85. The molecule has 0 saturated carbocycles. The van der Waals surface area contributed by atoms with Gasteiger partial charge < -0.3 is 10.2 Å². The van der Waals surface area contributed by atoms with E-state index in [0.717, 1.165) is 5.56 Å². The van der Waals surface area contributed by atoms with E-state index in [4.69, 9.17) is 21.8 Å². The van der Waals surface area contributed by atoms with Crippen molar-refractivity contribution >= 4 is 17.3 Å². The highest BCUT2D eigenvalue weighted by molar-refractivity contribution is 6.31. The second kappa shape index (κ2) is 4.04. The van der Waals surface area contributed by atoms with Crippen LogP contribution in [0.4, 0.5) is 5.69 Å². The molecule has 0 aliphatic carbocycles. The lowest BCUT2D eigenvalue weighted by molar-refractivity contribution is 0.399. The summed E-state index contributed by atoms with van der Waals surface area (Å²) in [7, 11) is 0. The van der Waals surface area contributed by atoms with Crippen LogP contribution in [0.15, 0.2) is 22.6 Å². The van der Waals surface area contributed by atoms with Crippen LogP contribution in [0.1, 0.15) is 26.7 Å². The van der Waals surface area contributed by atoms with Gasteiger partial charge in [-0.2, -0.15) is 0 Å². The molecule has 0 saturated heterocycles. The zero-order valence-corrected chi connectivity index (χ0v) is 10.7. The van der Waals surface area contributed by atoms with Crippen molar-refractivity contribution in [3.63, 3.8) is 0 Å². The van der Waals surface area contributed by atoms with Crippen molar-refractivity contribution in [1.82, 2.24) is 10.2 Å². The van der Waals surface area contributed by atoms with Gasteiger partial charge in [0.2, 0.25) is 11.8 Å². The van der Waals surface area contributed by atoms with Gasteiger partial charge in [0.05, 0.1) is 0 Å². The van der Waals surface area contributed by atoms with Crippen molar-refractivity contribution in [3.8, 4) is 11.5 Å². The number of hydrogen-bond donors (Lipinski definition) is 1. The Morgan fingerprint density at radius 3 is 2.41 bits per heavy atom. The normalized spacial score (nSPS) is 11.8. The number of aromatic nitrogens is 2. The van der Waals surface area contributed by atoms with Gasteiger partial charge >= 0.3 is 0 Å². The van der Waals surface area contributed by atoms with Crippen LogP contribution in [0, 0.1) is 0 Å². The molecule has 0 aliphatic heterocycles. The molecule has 0 unspecified atom stereocenters. The van der Waals surface area contributed by atoms with Gasteiger partial charge in [0.1, 0.15) is 0 Å². The molecule has 2 rings (SSSR count). The largest absolute Gasteiger partial charge is 0.420 e. The highest BCUT2D eigenvalue weighted by Gasteiger charge is 2.22. The molecule has 4 nitrogen and oxygen atoms in total. The second-order valence-corrected chi connectivity index (χ2v) is 5.37. The fraction of sp³-hybridized carbons (Fsp3) is 0.333. The fourth-order valence-corrected chi connectivity index (χ4v) is 1.62. The van der Waals surface area contributed by atoms with Gasteiger partial charge in [-0.3, -0.25) is 0 Å². The SMILES string of the molecule is CC(C)(C)c1nnc(-c2cc(N)cc(Cl)c2)o1. The van der Waals surface area contributed by atoms with Crippen LogP contribution in [0.5, 0.6) is 0 Å². The summed E-state index contributed by atoms with van der Waals surface area (Å²) < 4.78 is 5.61. The maximum absolute atomic E-state index is 5.93. The number of nitrogens with zero attached hydrogens (tertiary/aromatic N) is 2. The van der Waals surface area contributed by atoms with E-state index in [1.165, 1.54) is 0 Å². The molecule has 90 valence electrons. The summed E-state index contributed by atoms with van der Waals surface area (Å²) in [6.45, 7) is 6.03. The third kappa shape index (κ3) is 2.58. The molecule has 1 aromatic carbocycles. The summed E-state index contributed by atoms with van der Waals surface area (Å²) in [6, 6.07) is 5.18. The first-order valence-electron chi connectivity index (χ1n) is 5.27. The minimum Gasteiger partial charge on any atom is -0.420 e. The summed E-state index contributed by atoms with van der Waals surface area (Å²) >= 11 is 5.93. The first-order chi connectivity index (χ1) is 7.86. The van der Waals surface area contributed by atoms with Crippen LogP contribution in [-0.2, 0) is 5.41 Å². The quantitative estimate of drug-likeness (QED) is 0.790. The van der Waals surface area contributed by atoms with Crippen molar-refractivity contribution in [2.45, 2.75) is 26.2 Å². The maximum Gasteiger partial charge on any atom is 0.247 e. The molecular formula is C12H14ClN3O. The van der Waals surface area contributed by atoms with Gasteiger partial charge in [-0.25, -0.2) is 0 Å². The molecule has 1 heterocycles. The number of nitrogen functional groups attached to an aromatic ring is 1. The molecular weight excluding hydrogens is 238 g/mol. The van der Waals surface area contributed by atoms with E-state index in [-0.39, 0.29) is 5.41 Å². The lowest BCUT2D eigenvalue weighted by Crippen LogP contribution is -2.11. The second-order valence-electron chi connectivity index (χ2n) is 4.94. The standard InChI is InChI=1S/C12H14ClN3O/c1-12(2,3)11-16-15-10(17-11)7-4-8(13)6-9(14)5-7/h4-6H,14H2,1-3H3. The van der Waals surface area contributed by atoms with Gasteiger partial charge in [0.25, 0.3) is 0 Å². The van der Waals surface area contributed by atoms with Crippen molar-refractivity contribution in [2.24, 2.45) is 0 Å². The number of hydrogen-bond acceptors (Lipinski definition) is 4. The number of anilines is 1. The van der Waals surface area contributed by atoms with E-state index in [2.05, 4.69) is 10.2 Å². The van der Waals surface area contributed by atoms with Crippen molar-refractivity contribution < 1.29 is 4.42 Å². The average Bonchev–Trinajstić information content (AvgIpc) is 2.63. The summed E-state index contributed by atoms with van der Waals surface area (Å²) in [4.78, 5) is 0. The smallest absolute Gasteiger partial charge is 0.247 e. The van der Waals surface area contributed by atoms with Crippen molar-refractivity contribution in [2.75, 3.05) is 5.73 Å². The molecule has 0 radical (unpaired) electrons. The van der Waals surface area contributed by atoms with E-state index in [1.54, 1.807) is 18.2 Å². The Balaban J connectivity index is 2.44. The maximum atomic E-state index is 5.93. The molecule has 2 N–H and O–H groups in total. The molecule has 0 bridgehead atoms. The van der Waals surface area contributed by atoms with Gasteiger partial charge in [0, 0.05) is 21.7 Å². The highest BCUT2D eigenvalue weighted by Crippen LogP contribution is 2.28. The van der Waals surface area contributed by atoms with E-state index < -0.39 is 0 Å². The molecule has 2 aromatic rings. The minimum atomic E-state index is -0.171. The predicted octanol–water partition coefficient (Wildman–Crippen LogP) is 3.27. The number of halogens is 1. The van der Waals surface area contributed by atoms with E-state index in [9.17, 15) is 0 Å². The van der Waals surface area contributed by atoms with Crippen LogP contribution < -0.4 is 5.73 Å². The first kappa shape index (κ1) is 11.9. The Bertz CT molecular complexity index is 523. The lowest BCUT2D eigenvalue weighted by atomic mass is 9.97. The topological polar surface area (TPSA) is 64.9 Å². The molecule has 5 heteroatoms. The van der Waals surface area contributed by atoms with Crippen LogP contribution >= 0.6 is 11.6 Å². The fourth-order valence-electron chi connectivity index (χ4n) is 1.38. The van der Waals surface area contributed by atoms with Gasteiger partial charge in [-0.1, -0.05) is 32.4 Å². The van der Waals surface area contributed by atoms with Crippen molar-refractivity contribution in [3.05, 3.63) is 29.1 Å². The van der Waals surface area contributed by atoms with E-state index in [0.29, 0.717) is 22.5 Å². The average molecular weight is 252 g/mol. The summed E-state index contributed by atoms with van der Waals surface area (Å²) in [6.07, 6.45) is 0. The minimum absolute atomic E-state index is 0.171. The monoisotopic (exact) mass is 251 g/mol. The van der Waals surface area contributed by atoms with Crippen LogP contribution in [0.25, 0.3) is 11.5 Å². The Kier molecular flexibility index (Phi) is 2.83. The van der Waals surface area contributed by atoms with E-state index >= 15 is 0 Å². The third-order valence-electron chi connectivity index (χ3n) is 2.23. The van der Waals surface area contributed by atoms with Crippen LogP contribution in [-0.4, -0.2) is 10.2 Å².